The Bertz CT molecular complexity index is 158. The number of nitrogens with zero attached hydrogens (tertiary/aromatic N) is 1. The first-order chi connectivity index (χ1) is 7.17. The lowest BCUT2D eigenvalue weighted by molar-refractivity contribution is 0.158. The first-order valence-corrected chi connectivity index (χ1v) is 7.45. The van der Waals surface area contributed by atoms with Crippen molar-refractivity contribution >= 4 is 15.9 Å². The summed E-state index contributed by atoms with van der Waals surface area (Å²) >= 11 is 3.72. The molecule has 1 unspecified atom stereocenters. The largest absolute Gasteiger partial charge is 0.303 e. The minimum absolute atomic E-state index is 0.702. The molecule has 0 radical (unpaired) electrons. The molecule has 0 saturated carbocycles. The van der Waals surface area contributed by atoms with Gasteiger partial charge < -0.3 is 4.90 Å². The van der Waals surface area contributed by atoms with Gasteiger partial charge in [0, 0.05) is 11.4 Å². The number of hydrogen-bond acceptors (Lipinski definition) is 1. The van der Waals surface area contributed by atoms with Crippen molar-refractivity contribution in [2.75, 3.05) is 19.6 Å². The summed E-state index contributed by atoms with van der Waals surface area (Å²) in [7, 11) is 0. The molecule has 0 spiro atoms. The molecule has 1 rings (SSSR count). The van der Waals surface area contributed by atoms with Gasteiger partial charge in [-0.2, -0.15) is 0 Å². The molecule has 0 aromatic heterocycles. The second kappa shape index (κ2) is 6.90. The van der Waals surface area contributed by atoms with E-state index in [-0.39, 0.29) is 0 Å². The zero-order valence-electron chi connectivity index (χ0n) is 10.5. The summed E-state index contributed by atoms with van der Waals surface area (Å²) in [5.74, 6) is 1.82. The van der Waals surface area contributed by atoms with Crippen molar-refractivity contribution in [2.45, 2.75) is 51.3 Å². The Morgan fingerprint density at radius 2 is 1.73 bits per heavy atom. The highest BCUT2D eigenvalue weighted by Crippen LogP contribution is 2.25. The molecular weight excluding hydrogens is 250 g/mol. The van der Waals surface area contributed by atoms with E-state index < -0.39 is 0 Å². The van der Waals surface area contributed by atoms with E-state index in [0.29, 0.717) is 4.83 Å². The first kappa shape index (κ1) is 13.5. The Hall–Kier alpha value is 0.440. The van der Waals surface area contributed by atoms with Crippen molar-refractivity contribution in [3.05, 3.63) is 0 Å². The topological polar surface area (TPSA) is 3.24 Å². The van der Waals surface area contributed by atoms with Gasteiger partial charge in [-0.05, 0) is 37.8 Å². The molecule has 1 atom stereocenters. The van der Waals surface area contributed by atoms with E-state index in [9.17, 15) is 0 Å². The van der Waals surface area contributed by atoms with Crippen LogP contribution >= 0.6 is 15.9 Å². The van der Waals surface area contributed by atoms with Crippen LogP contribution in [0, 0.1) is 11.8 Å². The van der Waals surface area contributed by atoms with E-state index in [4.69, 9.17) is 0 Å². The first-order valence-electron chi connectivity index (χ1n) is 6.53. The molecule has 0 aromatic carbocycles. The standard InChI is InChI=1S/C13H26BrN/c1-4-12(5-2)10-15-8-6-13(7-9-15)11(3)14/h11-13H,4-10H2,1-3H3. The maximum Gasteiger partial charge on any atom is 0.0146 e. The van der Waals surface area contributed by atoms with Crippen LogP contribution in [0.1, 0.15) is 46.5 Å². The highest BCUT2D eigenvalue weighted by atomic mass is 79.9. The van der Waals surface area contributed by atoms with Gasteiger partial charge in [0.15, 0.2) is 0 Å². The molecule has 0 aromatic rings. The molecule has 1 saturated heterocycles. The predicted octanol–water partition coefficient (Wildman–Crippen LogP) is 3.92. The molecule has 90 valence electrons. The van der Waals surface area contributed by atoms with Crippen LogP contribution in [0.25, 0.3) is 0 Å². The summed E-state index contributed by atoms with van der Waals surface area (Å²) in [6.07, 6.45) is 5.44. The highest BCUT2D eigenvalue weighted by molar-refractivity contribution is 9.09. The van der Waals surface area contributed by atoms with Crippen molar-refractivity contribution < 1.29 is 0 Å². The predicted molar refractivity (Wildman–Crippen MR) is 71.6 cm³/mol. The minimum Gasteiger partial charge on any atom is -0.303 e. The quantitative estimate of drug-likeness (QED) is 0.688. The van der Waals surface area contributed by atoms with E-state index in [1.807, 2.05) is 0 Å². The van der Waals surface area contributed by atoms with Crippen LogP contribution in [-0.2, 0) is 0 Å². The number of halogens is 1. The summed E-state index contributed by atoms with van der Waals surface area (Å²) in [5.41, 5.74) is 0. The smallest absolute Gasteiger partial charge is 0.0146 e. The van der Waals surface area contributed by atoms with Crippen LogP contribution in [-0.4, -0.2) is 29.4 Å². The molecule has 0 amide bonds. The molecule has 0 aliphatic carbocycles. The van der Waals surface area contributed by atoms with Gasteiger partial charge in [0.25, 0.3) is 0 Å². The summed E-state index contributed by atoms with van der Waals surface area (Å²) in [6, 6.07) is 0. The van der Waals surface area contributed by atoms with Gasteiger partial charge in [-0.25, -0.2) is 0 Å². The van der Waals surface area contributed by atoms with Gasteiger partial charge in [0.2, 0.25) is 0 Å². The molecule has 1 aliphatic heterocycles. The molecule has 1 nitrogen and oxygen atoms in total. The average Bonchev–Trinajstić information content (AvgIpc) is 2.26. The third-order valence-corrected chi connectivity index (χ3v) is 4.70. The van der Waals surface area contributed by atoms with Crippen LogP contribution < -0.4 is 0 Å². The SMILES string of the molecule is CCC(CC)CN1CCC(C(C)Br)CC1. The Labute approximate surface area is 104 Å². The highest BCUT2D eigenvalue weighted by Gasteiger charge is 2.23. The zero-order chi connectivity index (χ0) is 11.3. The van der Waals surface area contributed by atoms with Crippen LogP contribution in [0.15, 0.2) is 0 Å². The van der Waals surface area contributed by atoms with Gasteiger partial charge >= 0.3 is 0 Å². The Kier molecular flexibility index (Phi) is 6.21. The molecule has 1 aliphatic rings. The lowest BCUT2D eigenvalue weighted by atomic mass is 9.93. The monoisotopic (exact) mass is 275 g/mol. The molecule has 2 heteroatoms. The van der Waals surface area contributed by atoms with Gasteiger partial charge in [-0.1, -0.05) is 49.5 Å². The maximum atomic E-state index is 3.72. The fourth-order valence-corrected chi connectivity index (χ4v) is 3.04. The minimum atomic E-state index is 0.702. The summed E-state index contributed by atoms with van der Waals surface area (Å²) in [4.78, 5) is 3.37. The molecule has 1 heterocycles. The van der Waals surface area contributed by atoms with Crippen LogP contribution in [0.3, 0.4) is 0 Å². The lowest BCUT2D eigenvalue weighted by Crippen LogP contribution is -2.38. The van der Waals surface area contributed by atoms with Gasteiger partial charge in [0.1, 0.15) is 0 Å². The second-order valence-electron chi connectivity index (χ2n) is 5.00. The van der Waals surface area contributed by atoms with Gasteiger partial charge in [0.05, 0.1) is 0 Å². The van der Waals surface area contributed by atoms with Crippen molar-refractivity contribution in [3.63, 3.8) is 0 Å². The molecule has 0 N–H and O–H groups in total. The van der Waals surface area contributed by atoms with Gasteiger partial charge in [-0.15, -0.1) is 0 Å². The van der Waals surface area contributed by atoms with E-state index in [1.54, 1.807) is 0 Å². The Balaban J connectivity index is 2.25. The zero-order valence-corrected chi connectivity index (χ0v) is 12.1. The van der Waals surface area contributed by atoms with Crippen LogP contribution in [0.5, 0.6) is 0 Å². The number of likely N-dealkylation sites (tertiary alicyclic amines) is 1. The van der Waals surface area contributed by atoms with E-state index in [1.165, 1.54) is 45.3 Å². The summed E-state index contributed by atoms with van der Waals surface area (Å²) in [5, 5.41) is 0. The third-order valence-electron chi connectivity index (χ3n) is 3.95. The number of piperidine rings is 1. The normalized spacial score (nSPS) is 22.2. The van der Waals surface area contributed by atoms with Crippen LogP contribution in [0.2, 0.25) is 0 Å². The number of hydrogen-bond donors (Lipinski definition) is 0. The van der Waals surface area contributed by atoms with E-state index in [2.05, 4.69) is 41.6 Å². The molecule has 1 fully saturated rings. The fourth-order valence-electron chi connectivity index (χ4n) is 2.51. The Morgan fingerprint density at radius 1 is 1.20 bits per heavy atom. The third kappa shape index (κ3) is 4.44. The fraction of sp³-hybridized carbons (Fsp3) is 1.00. The van der Waals surface area contributed by atoms with Crippen molar-refractivity contribution in [3.8, 4) is 0 Å². The lowest BCUT2D eigenvalue weighted by Gasteiger charge is -2.35. The maximum absolute atomic E-state index is 3.72. The van der Waals surface area contributed by atoms with Crippen LogP contribution in [0.4, 0.5) is 0 Å². The number of alkyl halides is 1. The van der Waals surface area contributed by atoms with Gasteiger partial charge in [-0.3, -0.25) is 0 Å². The molecule has 0 bridgehead atoms. The van der Waals surface area contributed by atoms with Crippen molar-refractivity contribution in [1.82, 2.24) is 4.90 Å². The van der Waals surface area contributed by atoms with Crippen molar-refractivity contribution in [1.29, 1.82) is 0 Å². The summed E-state index contributed by atoms with van der Waals surface area (Å²) in [6.45, 7) is 10.9. The number of rotatable bonds is 5. The van der Waals surface area contributed by atoms with Crippen molar-refractivity contribution in [2.24, 2.45) is 11.8 Å². The Morgan fingerprint density at radius 3 is 2.13 bits per heavy atom. The molecule has 15 heavy (non-hydrogen) atoms. The van der Waals surface area contributed by atoms with E-state index in [0.717, 1.165) is 11.8 Å². The average molecular weight is 276 g/mol. The molecular formula is C13H26BrN. The summed E-state index contributed by atoms with van der Waals surface area (Å²) < 4.78 is 0. The second-order valence-corrected chi connectivity index (χ2v) is 6.44. The van der Waals surface area contributed by atoms with E-state index >= 15 is 0 Å².